The molecule has 0 bridgehead atoms. The lowest BCUT2D eigenvalue weighted by Crippen LogP contribution is -1.94. The molecular weight excluding hydrogens is 537 g/mol. The van der Waals surface area contributed by atoms with Gasteiger partial charge in [-0.1, -0.05) is 127 Å². The van der Waals surface area contributed by atoms with Gasteiger partial charge in [-0.2, -0.15) is 0 Å². The van der Waals surface area contributed by atoms with E-state index in [1.807, 2.05) is 0 Å². The van der Waals surface area contributed by atoms with Crippen LogP contribution < -0.4 is 0 Å². The van der Waals surface area contributed by atoms with Crippen LogP contribution in [0.5, 0.6) is 0 Å². The summed E-state index contributed by atoms with van der Waals surface area (Å²) in [5, 5.41) is -3.95. The molecule has 1 heterocycles. The number of benzene rings is 9. The van der Waals surface area contributed by atoms with Crippen LogP contribution in [-0.2, 0) is 0 Å². The molecule has 198 valence electrons. The standard InChI is InChI=1S/C42H24S/c1-2-11-32-30(6-1)22-31(29-18-21-38-37(23-29)34-12-4-9-25-10-5-13-39(43-38)41(25)34)24-36(32)33-19-16-28-15-14-26-7-3-8-27-17-20-35(33)42(28)40(26)27/h1-24H/i1D,2D,3D,4D,5D,6D,7D,8D,9D,10D,11D,12D,13D,14D,15D,16D,17D,18D,19D,20D,21D,22D,23D,24D. The summed E-state index contributed by atoms with van der Waals surface area (Å²) in [5.74, 6) is 0. The van der Waals surface area contributed by atoms with Gasteiger partial charge in [0.05, 0.1) is 32.9 Å². The Labute approximate surface area is 287 Å². The molecule has 0 amide bonds. The highest BCUT2D eigenvalue weighted by Gasteiger charge is 2.20. The first-order valence-electron chi connectivity index (χ1n) is 24.9. The van der Waals surface area contributed by atoms with Gasteiger partial charge in [0.1, 0.15) is 0 Å². The van der Waals surface area contributed by atoms with E-state index in [-0.39, 0.29) is 42.5 Å². The molecule has 0 nitrogen and oxygen atoms in total. The summed E-state index contributed by atoms with van der Waals surface area (Å²) in [6, 6.07) is -18.2. The highest BCUT2D eigenvalue weighted by atomic mass is 32.2. The molecule has 0 saturated carbocycles. The van der Waals surface area contributed by atoms with E-state index in [9.17, 15) is 11.0 Å². The molecule has 0 N–H and O–H groups in total. The minimum atomic E-state index is -0.940. The van der Waals surface area contributed by atoms with Gasteiger partial charge in [-0.3, -0.25) is 0 Å². The first kappa shape index (κ1) is 10.3. The predicted octanol–water partition coefficient (Wildman–Crippen LogP) is 12.4. The van der Waals surface area contributed by atoms with Crippen LogP contribution in [0.25, 0.3) is 87.2 Å². The van der Waals surface area contributed by atoms with E-state index in [0.29, 0.717) is 11.8 Å². The zero-order chi connectivity index (χ0) is 49.0. The fourth-order valence-electron chi connectivity index (χ4n) is 5.58. The van der Waals surface area contributed by atoms with Crippen LogP contribution in [0.3, 0.4) is 0 Å². The van der Waals surface area contributed by atoms with E-state index in [1.54, 1.807) is 0 Å². The van der Waals surface area contributed by atoms with Crippen molar-refractivity contribution < 1.29 is 32.9 Å². The molecule has 0 atom stereocenters. The Hall–Kier alpha value is -5.11. The summed E-state index contributed by atoms with van der Waals surface area (Å²) in [7, 11) is 0. The molecule has 0 unspecified atom stereocenters. The van der Waals surface area contributed by atoms with Gasteiger partial charge in [-0.05, 0) is 112 Å². The lowest BCUT2D eigenvalue weighted by molar-refractivity contribution is 1.40. The number of hydrogen-bond donors (Lipinski definition) is 0. The Bertz CT molecular complexity index is 3900. The van der Waals surface area contributed by atoms with Gasteiger partial charge in [0.25, 0.3) is 0 Å². The predicted molar refractivity (Wildman–Crippen MR) is 186 cm³/mol. The van der Waals surface area contributed by atoms with E-state index < -0.39 is 200 Å². The van der Waals surface area contributed by atoms with Crippen molar-refractivity contribution in [1.29, 1.82) is 0 Å². The van der Waals surface area contributed by atoms with Crippen molar-refractivity contribution in [2.75, 3.05) is 0 Å². The van der Waals surface area contributed by atoms with Gasteiger partial charge < -0.3 is 0 Å². The molecule has 1 heteroatoms. The van der Waals surface area contributed by atoms with Gasteiger partial charge in [0.15, 0.2) is 0 Å². The highest BCUT2D eigenvalue weighted by molar-refractivity contribution is 7.99. The fourth-order valence-corrected chi connectivity index (χ4v) is 6.55. The van der Waals surface area contributed by atoms with E-state index in [2.05, 4.69) is 0 Å². The van der Waals surface area contributed by atoms with E-state index in [4.69, 9.17) is 21.9 Å². The van der Waals surface area contributed by atoms with Crippen LogP contribution in [0, 0.1) is 0 Å². The van der Waals surface area contributed by atoms with E-state index in [0.717, 1.165) is 0 Å². The minimum absolute atomic E-state index is 0.0857. The van der Waals surface area contributed by atoms with Crippen LogP contribution in [-0.4, -0.2) is 0 Å². The van der Waals surface area contributed by atoms with Gasteiger partial charge in [0, 0.05) is 15.2 Å². The summed E-state index contributed by atoms with van der Waals surface area (Å²) in [4.78, 5) is -0.304. The normalized spacial score (nSPS) is 20.4. The summed E-state index contributed by atoms with van der Waals surface area (Å²) in [6.07, 6.45) is 0. The molecule has 43 heavy (non-hydrogen) atoms. The molecule has 10 rings (SSSR count). The number of hydrogen-bond acceptors (Lipinski definition) is 1. The molecule has 0 aromatic heterocycles. The molecule has 0 aliphatic carbocycles. The Morgan fingerprint density at radius 2 is 1.02 bits per heavy atom. The minimum Gasteiger partial charge on any atom is -0.0888 e. The molecule has 0 fully saturated rings. The van der Waals surface area contributed by atoms with Crippen LogP contribution in [0.4, 0.5) is 0 Å². The lowest BCUT2D eigenvalue weighted by Gasteiger charge is -2.21. The number of fused-ring (bicyclic) bond motifs is 3. The second-order valence-electron chi connectivity index (χ2n) is 9.76. The highest BCUT2D eigenvalue weighted by Crippen LogP contribution is 2.49. The van der Waals surface area contributed by atoms with Crippen LogP contribution >= 0.6 is 11.8 Å². The van der Waals surface area contributed by atoms with Crippen molar-refractivity contribution in [2.24, 2.45) is 0 Å². The van der Waals surface area contributed by atoms with Crippen molar-refractivity contribution in [3.8, 4) is 33.4 Å². The second kappa shape index (κ2) is 8.70. The first-order valence-corrected chi connectivity index (χ1v) is 13.7. The maximum atomic E-state index is 9.98. The van der Waals surface area contributed by atoms with E-state index >= 15 is 0 Å². The maximum Gasteiger partial charge on any atom is 0.0636 e. The summed E-state index contributed by atoms with van der Waals surface area (Å²) < 4.78 is 217. The molecular formula is C42H24S. The quantitative estimate of drug-likeness (QED) is 0.182. The smallest absolute Gasteiger partial charge is 0.0636 e. The summed E-state index contributed by atoms with van der Waals surface area (Å²) in [5.41, 5.74) is -3.40. The largest absolute Gasteiger partial charge is 0.0888 e. The monoisotopic (exact) mass is 584 g/mol. The Balaban J connectivity index is 1.47. The molecule has 9 aromatic carbocycles. The Kier molecular flexibility index (Phi) is 2.08. The van der Waals surface area contributed by atoms with Gasteiger partial charge in [-0.25, -0.2) is 0 Å². The second-order valence-corrected chi connectivity index (χ2v) is 10.8. The molecule has 9 aromatic rings. The first-order chi connectivity index (χ1) is 31.3. The zero-order valence-corrected chi connectivity index (χ0v) is 22.2. The third kappa shape index (κ3) is 3.34. The van der Waals surface area contributed by atoms with Crippen LogP contribution in [0.1, 0.15) is 32.9 Å². The third-order valence-electron chi connectivity index (χ3n) is 7.45. The molecule has 0 spiro atoms. The van der Waals surface area contributed by atoms with Crippen molar-refractivity contribution in [1.82, 2.24) is 0 Å². The Morgan fingerprint density at radius 1 is 0.349 bits per heavy atom. The summed E-state index contributed by atoms with van der Waals surface area (Å²) >= 11 is 0.650. The van der Waals surface area contributed by atoms with Crippen molar-refractivity contribution >= 4 is 65.6 Å². The lowest BCUT2D eigenvalue weighted by atomic mass is 9.87. The van der Waals surface area contributed by atoms with Gasteiger partial charge >= 0.3 is 0 Å². The van der Waals surface area contributed by atoms with E-state index in [1.165, 1.54) is 0 Å². The maximum absolute atomic E-state index is 9.98. The van der Waals surface area contributed by atoms with Crippen molar-refractivity contribution in [2.45, 2.75) is 9.79 Å². The number of rotatable bonds is 2. The fraction of sp³-hybridized carbons (Fsp3) is 0. The molecule has 0 radical (unpaired) electrons. The Morgan fingerprint density at radius 3 is 1.91 bits per heavy atom. The van der Waals surface area contributed by atoms with Crippen LogP contribution in [0.15, 0.2) is 155 Å². The van der Waals surface area contributed by atoms with Crippen molar-refractivity contribution in [3.63, 3.8) is 0 Å². The van der Waals surface area contributed by atoms with Gasteiger partial charge in [-0.15, -0.1) is 0 Å². The van der Waals surface area contributed by atoms with Crippen LogP contribution in [0.2, 0.25) is 0 Å². The van der Waals surface area contributed by atoms with Crippen molar-refractivity contribution in [3.05, 3.63) is 145 Å². The zero-order valence-electron chi connectivity index (χ0n) is 45.4. The summed E-state index contributed by atoms with van der Waals surface area (Å²) in [6.45, 7) is 0. The molecule has 1 aliphatic rings. The molecule has 1 aliphatic heterocycles. The average Bonchev–Trinajstić information content (AvgIpc) is 3.29. The SMILES string of the molecule is [2H]c1c([2H])c(-c2c([2H])c(-c3c([2H])c([2H])c4c([2H])c([2H])c5c([2H])c([2H])c([2H])c6c([2H])c([2H])c3c4c56)c3c([2H])c([2H])c([2H])c([2H])c3c2[2H])c([2H])c2c1Sc1c([2H])c([2H])c([2H])c3c([2H])c([2H])c([2H])c-2c13. The third-order valence-corrected chi connectivity index (χ3v) is 8.47. The topological polar surface area (TPSA) is 0 Å². The van der Waals surface area contributed by atoms with Gasteiger partial charge in [0.2, 0.25) is 0 Å². The average molecular weight is 585 g/mol. The molecule has 0 saturated heterocycles.